The van der Waals surface area contributed by atoms with Crippen molar-refractivity contribution in [2.24, 2.45) is 5.11 Å². The van der Waals surface area contributed by atoms with E-state index in [-0.39, 0.29) is 22.7 Å². The third-order valence-electron chi connectivity index (χ3n) is 3.83. The monoisotopic (exact) mass is 322 g/mol. The minimum atomic E-state index is -1.71. The molecule has 0 aliphatic carbocycles. The summed E-state index contributed by atoms with van der Waals surface area (Å²) in [5.74, 6) is -0.0944. The molecule has 0 spiro atoms. The molecule has 1 aliphatic heterocycles. The molecule has 2 aromatic heterocycles. The molecule has 0 amide bonds. The summed E-state index contributed by atoms with van der Waals surface area (Å²) in [6, 6.07) is 0. The van der Waals surface area contributed by atoms with Crippen molar-refractivity contribution in [2.45, 2.75) is 31.0 Å². The van der Waals surface area contributed by atoms with E-state index in [1.54, 1.807) is 0 Å². The summed E-state index contributed by atoms with van der Waals surface area (Å²) in [6.45, 7) is 0.892. The van der Waals surface area contributed by atoms with Gasteiger partial charge in [-0.05, 0) is 17.6 Å². The Morgan fingerprint density at radius 3 is 2.91 bits per heavy atom. The van der Waals surface area contributed by atoms with Gasteiger partial charge in [-0.1, -0.05) is 0 Å². The standard InChI is InChI=1S/C11H14N8O4/c1-11(22)7(21)4(2-20)23-10(11)19-3-14-5-6(19)8(12)15-16-9(5)17-18-13/h3-4,7,10,20-22H,2H2,1H3,(H2,12,15)/t4-,7-,10-,11-/m1/s1. The first kappa shape index (κ1) is 15.4. The smallest absolute Gasteiger partial charge is 0.177 e. The van der Waals surface area contributed by atoms with Crippen LogP contribution in [-0.4, -0.2) is 59.5 Å². The second-order valence-corrected chi connectivity index (χ2v) is 5.33. The average molecular weight is 322 g/mol. The van der Waals surface area contributed by atoms with Crippen LogP contribution in [0.5, 0.6) is 0 Å². The Labute approximate surface area is 128 Å². The maximum atomic E-state index is 10.5. The highest BCUT2D eigenvalue weighted by Crippen LogP contribution is 2.40. The number of nitrogens with two attached hydrogens (primary N) is 1. The van der Waals surface area contributed by atoms with Gasteiger partial charge in [-0.15, -0.1) is 10.2 Å². The molecule has 12 heteroatoms. The van der Waals surface area contributed by atoms with Crippen LogP contribution in [0.1, 0.15) is 13.2 Å². The number of hydrogen-bond donors (Lipinski definition) is 4. The number of rotatable bonds is 3. The van der Waals surface area contributed by atoms with Crippen molar-refractivity contribution in [1.82, 2.24) is 19.7 Å². The summed E-state index contributed by atoms with van der Waals surface area (Å²) >= 11 is 0. The first-order chi connectivity index (χ1) is 10.9. The molecule has 23 heavy (non-hydrogen) atoms. The Hall–Kier alpha value is -2.50. The fraction of sp³-hybridized carbons (Fsp3) is 0.545. The zero-order chi connectivity index (χ0) is 16.8. The van der Waals surface area contributed by atoms with Crippen molar-refractivity contribution >= 4 is 22.7 Å². The summed E-state index contributed by atoms with van der Waals surface area (Å²) in [5, 5.41) is 40.6. The first-order valence-electron chi connectivity index (χ1n) is 6.62. The van der Waals surface area contributed by atoms with Gasteiger partial charge in [0.05, 0.1) is 12.9 Å². The van der Waals surface area contributed by atoms with Crippen LogP contribution in [-0.2, 0) is 4.74 Å². The SMILES string of the molecule is C[C@@]1(O)[C@H](O)[C@@H](CO)O[C@H]1n1cnc2c(N=[N+]=[N-])nnc(N)c21. The molecule has 0 unspecified atom stereocenters. The first-order valence-corrected chi connectivity index (χ1v) is 6.62. The van der Waals surface area contributed by atoms with Crippen LogP contribution in [0.4, 0.5) is 11.6 Å². The maximum absolute atomic E-state index is 10.5. The largest absolute Gasteiger partial charge is 0.394 e. The summed E-state index contributed by atoms with van der Waals surface area (Å²) < 4.78 is 6.87. The molecule has 0 saturated carbocycles. The molecule has 1 fully saturated rings. The molecule has 2 aromatic rings. The highest BCUT2D eigenvalue weighted by Gasteiger charge is 2.53. The topological polar surface area (TPSA) is 188 Å². The van der Waals surface area contributed by atoms with Crippen LogP contribution in [0, 0.1) is 0 Å². The van der Waals surface area contributed by atoms with Gasteiger partial charge < -0.3 is 25.8 Å². The average Bonchev–Trinajstić information content (AvgIpc) is 3.04. The Kier molecular flexibility index (Phi) is 3.55. The number of aliphatic hydroxyl groups is 3. The second kappa shape index (κ2) is 5.30. The van der Waals surface area contributed by atoms with Crippen LogP contribution in [0.15, 0.2) is 11.4 Å². The lowest BCUT2D eigenvalue weighted by atomic mass is 9.96. The van der Waals surface area contributed by atoms with E-state index < -0.39 is 30.6 Å². The van der Waals surface area contributed by atoms with Gasteiger partial charge in [-0.25, -0.2) is 4.98 Å². The van der Waals surface area contributed by atoms with Crippen molar-refractivity contribution in [3.63, 3.8) is 0 Å². The summed E-state index contributed by atoms with van der Waals surface area (Å²) in [5.41, 5.74) is 13.1. The molecule has 0 bridgehead atoms. The van der Waals surface area contributed by atoms with Gasteiger partial charge in [0.1, 0.15) is 28.8 Å². The Morgan fingerprint density at radius 1 is 1.57 bits per heavy atom. The van der Waals surface area contributed by atoms with Crippen LogP contribution < -0.4 is 5.73 Å². The highest BCUT2D eigenvalue weighted by atomic mass is 16.6. The van der Waals surface area contributed by atoms with E-state index in [2.05, 4.69) is 25.2 Å². The van der Waals surface area contributed by atoms with Crippen molar-refractivity contribution in [2.75, 3.05) is 12.3 Å². The van der Waals surface area contributed by atoms with E-state index in [1.807, 2.05) is 0 Å². The maximum Gasteiger partial charge on any atom is 0.177 e. The minimum Gasteiger partial charge on any atom is -0.394 e. The van der Waals surface area contributed by atoms with Crippen LogP contribution >= 0.6 is 0 Å². The Balaban J connectivity index is 2.18. The number of nitrogens with zero attached hydrogens (tertiary/aromatic N) is 7. The molecular weight excluding hydrogens is 308 g/mol. The molecule has 12 nitrogen and oxygen atoms in total. The lowest BCUT2D eigenvalue weighted by Crippen LogP contribution is -2.44. The fourth-order valence-electron chi connectivity index (χ4n) is 2.65. The van der Waals surface area contributed by atoms with Crippen molar-refractivity contribution in [1.29, 1.82) is 0 Å². The molecule has 0 radical (unpaired) electrons. The van der Waals surface area contributed by atoms with Crippen molar-refractivity contribution in [3.05, 3.63) is 16.8 Å². The summed E-state index contributed by atoms with van der Waals surface area (Å²) in [4.78, 5) is 6.70. The third-order valence-corrected chi connectivity index (χ3v) is 3.83. The lowest BCUT2D eigenvalue weighted by molar-refractivity contribution is -0.0948. The van der Waals surface area contributed by atoms with Gasteiger partial charge in [0.25, 0.3) is 0 Å². The van der Waals surface area contributed by atoms with Gasteiger partial charge in [-0.3, -0.25) is 4.57 Å². The van der Waals surface area contributed by atoms with Crippen LogP contribution in [0.25, 0.3) is 21.5 Å². The Morgan fingerprint density at radius 2 is 2.30 bits per heavy atom. The van der Waals surface area contributed by atoms with E-state index in [1.165, 1.54) is 17.8 Å². The number of aliphatic hydroxyl groups excluding tert-OH is 2. The van der Waals surface area contributed by atoms with Crippen molar-refractivity contribution < 1.29 is 20.1 Å². The molecule has 4 atom stereocenters. The summed E-state index contributed by atoms with van der Waals surface area (Å²) in [7, 11) is 0. The van der Waals surface area contributed by atoms with Gasteiger partial charge in [-0.2, -0.15) is 0 Å². The van der Waals surface area contributed by atoms with Gasteiger partial charge >= 0.3 is 0 Å². The summed E-state index contributed by atoms with van der Waals surface area (Å²) in [6.07, 6.45) is -2.07. The molecule has 1 saturated heterocycles. The minimum absolute atomic E-state index is 0.0178. The molecule has 1 aliphatic rings. The van der Waals surface area contributed by atoms with E-state index in [4.69, 9.17) is 16.0 Å². The number of nitrogen functional groups attached to an aromatic ring is 1. The number of azide groups is 1. The van der Waals surface area contributed by atoms with Gasteiger partial charge in [0.2, 0.25) is 0 Å². The molecular formula is C11H14N8O4. The predicted molar refractivity (Wildman–Crippen MR) is 76.2 cm³/mol. The van der Waals surface area contributed by atoms with Crippen LogP contribution in [0.3, 0.4) is 0 Å². The van der Waals surface area contributed by atoms with E-state index in [9.17, 15) is 15.3 Å². The molecule has 122 valence electrons. The van der Waals surface area contributed by atoms with E-state index in [0.29, 0.717) is 0 Å². The predicted octanol–water partition coefficient (Wildman–Crippen LogP) is -0.648. The third kappa shape index (κ3) is 2.17. The quantitative estimate of drug-likeness (QED) is 0.325. The normalized spacial score (nSPS) is 30.5. The lowest BCUT2D eigenvalue weighted by Gasteiger charge is -2.27. The number of anilines is 1. The fourth-order valence-corrected chi connectivity index (χ4v) is 2.65. The van der Waals surface area contributed by atoms with Gasteiger partial charge in [0, 0.05) is 4.91 Å². The molecule has 0 aromatic carbocycles. The number of hydrogen-bond acceptors (Lipinski definition) is 9. The van der Waals surface area contributed by atoms with E-state index in [0.717, 1.165) is 0 Å². The zero-order valence-electron chi connectivity index (χ0n) is 12.0. The number of imidazole rings is 1. The molecule has 3 rings (SSSR count). The zero-order valence-corrected chi connectivity index (χ0v) is 12.0. The van der Waals surface area contributed by atoms with Crippen LogP contribution in [0.2, 0.25) is 0 Å². The second-order valence-electron chi connectivity index (χ2n) is 5.33. The molecule has 3 heterocycles. The van der Waals surface area contributed by atoms with Gasteiger partial charge in [0.15, 0.2) is 17.9 Å². The Bertz CT molecular complexity index is 799. The van der Waals surface area contributed by atoms with Crippen molar-refractivity contribution in [3.8, 4) is 0 Å². The number of fused-ring (bicyclic) bond motifs is 1. The molecule has 5 N–H and O–H groups in total. The number of aromatic nitrogens is 4. The van der Waals surface area contributed by atoms with E-state index >= 15 is 0 Å². The highest BCUT2D eigenvalue weighted by molar-refractivity contribution is 5.91. The number of ether oxygens (including phenoxy) is 1.